The predicted octanol–water partition coefficient (Wildman–Crippen LogP) is 3.81. The molecule has 0 fully saturated rings. The van der Waals surface area contributed by atoms with E-state index < -0.39 is 6.04 Å². The lowest BCUT2D eigenvalue weighted by Crippen LogP contribution is -2.35. The van der Waals surface area contributed by atoms with Gasteiger partial charge in [-0.2, -0.15) is 0 Å². The molecule has 8 heteroatoms. The van der Waals surface area contributed by atoms with Crippen molar-refractivity contribution in [3.05, 3.63) is 89.2 Å². The molecule has 3 amide bonds. The number of amides is 3. The molecule has 0 aliphatic carbocycles. The highest BCUT2D eigenvalue weighted by Crippen LogP contribution is 2.15. The largest absolute Gasteiger partial charge is 0.336 e. The maximum Gasteiger partial charge on any atom is 0.319 e. The second kappa shape index (κ2) is 9.68. The second-order valence-corrected chi connectivity index (χ2v) is 6.70. The Balaban J connectivity index is 1.50. The van der Waals surface area contributed by atoms with Gasteiger partial charge in [-0.1, -0.05) is 23.7 Å². The number of hydrogen-bond acceptors (Lipinski definition) is 4. The van der Waals surface area contributed by atoms with Crippen LogP contribution < -0.4 is 21.7 Å². The minimum absolute atomic E-state index is 0.225. The third-order valence-corrected chi connectivity index (χ3v) is 4.38. The van der Waals surface area contributed by atoms with Crippen LogP contribution in [-0.2, 0) is 0 Å². The molecule has 1 aromatic heterocycles. The summed E-state index contributed by atoms with van der Waals surface area (Å²) in [4.78, 5) is 28.2. The maximum absolute atomic E-state index is 12.3. The van der Waals surface area contributed by atoms with Gasteiger partial charge in [-0.05, 0) is 54.1 Å². The minimum Gasteiger partial charge on any atom is -0.336 e. The average molecular weight is 410 g/mol. The summed E-state index contributed by atoms with van der Waals surface area (Å²) in [5, 5.41) is 8.81. The molecule has 0 saturated heterocycles. The first-order chi connectivity index (χ1) is 14.0. The van der Waals surface area contributed by atoms with Crippen molar-refractivity contribution >= 4 is 34.9 Å². The van der Waals surface area contributed by atoms with Crippen LogP contribution in [0.25, 0.3) is 0 Å². The van der Waals surface area contributed by atoms with Crippen LogP contribution in [-0.4, -0.2) is 23.5 Å². The number of carbonyl (C=O) groups excluding carboxylic acids is 2. The molecule has 3 aromatic rings. The quantitative estimate of drug-likeness (QED) is 0.496. The fourth-order valence-electron chi connectivity index (χ4n) is 2.55. The highest BCUT2D eigenvalue weighted by molar-refractivity contribution is 6.30. The van der Waals surface area contributed by atoms with Gasteiger partial charge < -0.3 is 21.7 Å². The summed E-state index contributed by atoms with van der Waals surface area (Å²) in [6.07, 6.45) is 3.21. The maximum atomic E-state index is 12.3. The number of nitrogens with one attached hydrogen (secondary N) is 3. The molecule has 29 heavy (non-hydrogen) atoms. The summed E-state index contributed by atoms with van der Waals surface area (Å²) in [6, 6.07) is 16.4. The Labute approximate surface area is 173 Å². The lowest BCUT2D eigenvalue weighted by Gasteiger charge is -2.14. The van der Waals surface area contributed by atoms with Crippen LogP contribution >= 0.6 is 11.6 Å². The Kier molecular flexibility index (Phi) is 6.78. The number of carbonyl (C=O) groups is 2. The highest BCUT2D eigenvalue weighted by Gasteiger charge is 2.11. The van der Waals surface area contributed by atoms with Crippen LogP contribution in [0.4, 0.5) is 16.2 Å². The molecule has 1 heterocycles. The van der Waals surface area contributed by atoms with Gasteiger partial charge in [0.1, 0.15) is 0 Å². The van der Waals surface area contributed by atoms with Crippen molar-refractivity contribution in [3.63, 3.8) is 0 Å². The van der Waals surface area contributed by atoms with Crippen LogP contribution in [0.1, 0.15) is 22.0 Å². The summed E-state index contributed by atoms with van der Waals surface area (Å²) in [7, 11) is 0. The molecule has 0 spiro atoms. The number of aromatic nitrogens is 1. The number of benzene rings is 2. The molecule has 1 unspecified atom stereocenters. The van der Waals surface area contributed by atoms with Gasteiger partial charge in [0, 0.05) is 46.9 Å². The fourth-order valence-corrected chi connectivity index (χ4v) is 2.68. The molecule has 7 nitrogen and oxygen atoms in total. The first-order valence-corrected chi connectivity index (χ1v) is 9.26. The summed E-state index contributed by atoms with van der Waals surface area (Å²) in [5.41, 5.74) is 8.75. The second-order valence-electron chi connectivity index (χ2n) is 6.26. The Bertz CT molecular complexity index is 963. The Morgan fingerprint density at radius 3 is 2.17 bits per heavy atom. The summed E-state index contributed by atoms with van der Waals surface area (Å²) < 4.78 is 0. The number of hydrogen-bond donors (Lipinski definition) is 4. The number of anilines is 2. The van der Waals surface area contributed by atoms with E-state index in [1.807, 2.05) is 0 Å². The van der Waals surface area contributed by atoms with E-state index in [-0.39, 0.29) is 18.5 Å². The van der Waals surface area contributed by atoms with E-state index in [1.165, 1.54) is 0 Å². The third kappa shape index (κ3) is 6.03. The Morgan fingerprint density at radius 1 is 0.897 bits per heavy atom. The number of nitrogens with zero attached hydrogens (tertiary/aromatic N) is 1. The molecule has 0 radical (unpaired) electrons. The van der Waals surface area contributed by atoms with Gasteiger partial charge in [0.15, 0.2) is 0 Å². The van der Waals surface area contributed by atoms with Gasteiger partial charge in [0.2, 0.25) is 0 Å². The molecular weight excluding hydrogens is 390 g/mol. The number of pyridine rings is 1. The van der Waals surface area contributed by atoms with Gasteiger partial charge in [0.25, 0.3) is 5.91 Å². The zero-order chi connectivity index (χ0) is 20.6. The Morgan fingerprint density at radius 2 is 1.52 bits per heavy atom. The van der Waals surface area contributed by atoms with Gasteiger partial charge in [-0.3, -0.25) is 9.78 Å². The summed E-state index contributed by atoms with van der Waals surface area (Å²) in [6.45, 7) is 0.238. The molecule has 148 valence electrons. The van der Waals surface area contributed by atoms with Crippen LogP contribution in [0.5, 0.6) is 0 Å². The van der Waals surface area contributed by atoms with Gasteiger partial charge in [-0.15, -0.1) is 0 Å². The standard InChI is InChI=1S/C21H20ClN5O2/c22-16-5-7-17(8-6-16)27-21(29)25-13-19(23)14-1-3-15(4-2-14)20(28)26-18-9-11-24-12-10-18/h1-12,19H,13,23H2,(H,24,26,28)(H2,25,27,29). The van der Waals surface area contributed by atoms with E-state index in [1.54, 1.807) is 73.1 Å². The van der Waals surface area contributed by atoms with Gasteiger partial charge in [0.05, 0.1) is 0 Å². The van der Waals surface area contributed by atoms with Crippen LogP contribution in [0.2, 0.25) is 5.02 Å². The Hall–Kier alpha value is -3.42. The predicted molar refractivity (Wildman–Crippen MR) is 114 cm³/mol. The van der Waals surface area contributed by atoms with E-state index >= 15 is 0 Å². The van der Waals surface area contributed by atoms with E-state index in [4.69, 9.17) is 17.3 Å². The van der Waals surface area contributed by atoms with Crippen molar-refractivity contribution in [1.29, 1.82) is 0 Å². The van der Waals surface area contributed by atoms with E-state index in [0.717, 1.165) is 5.56 Å². The molecule has 1 atom stereocenters. The first-order valence-electron chi connectivity index (χ1n) is 8.88. The topological polar surface area (TPSA) is 109 Å². The molecule has 5 N–H and O–H groups in total. The summed E-state index contributed by atoms with van der Waals surface area (Å²) in [5.74, 6) is -0.225. The van der Waals surface area contributed by atoms with Crippen LogP contribution in [0, 0.1) is 0 Å². The molecule has 2 aromatic carbocycles. The van der Waals surface area contributed by atoms with Gasteiger partial charge >= 0.3 is 6.03 Å². The number of rotatable bonds is 6. The van der Waals surface area contributed by atoms with Crippen LogP contribution in [0.15, 0.2) is 73.1 Å². The van der Waals surface area contributed by atoms with E-state index in [0.29, 0.717) is 22.0 Å². The first kappa shape index (κ1) is 20.3. The number of urea groups is 1. The molecular formula is C21H20ClN5O2. The number of halogens is 1. The SMILES string of the molecule is NC(CNC(=O)Nc1ccc(Cl)cc1)c1ccc(C(=O)Nc2ccncc2)cc1. The summed E-state index contributed by atoms with van der Waals surface area (Å²) >= 11 is 5.82. The lowest BCUT2D eigenvalue weighted by molar-refractivity contribution is 0.102. The van der Waals surface area contributed by atoms with Crippen molar-refractivity contribution in [2.24, 2.45) is 5.73 Å². The molecule has 0 saturated carbocycles. The van der Waals surface area contributed by atoms with Gasteiger partial charge in [-0.25, -0.2) is 4.79 Å². The van der Waals surface area contributed by atoms with Crippen molar-refractivity contribution in [2.75, 3.05) is 17.2 Å². The smallest absolute Gasteiger partial charge is 0.319 e. The molecule has 0 aliphatic heterocycles. The zero-order valence-electron chi connectivity index (χ0n) is 15.4. The van der Waals surface area contributed by atoms with Crippen LogP contribution in [0.3, 0.4) is 0 Å². The average Bonchev–Trinajstić information content (AvgIpc) is 2.74. The van der Waals surface area contributed by atoms with E-state index in [9.17, 15) is 9.59 Å². The fraction of sp³-hybridized carbons (Fsp3) is 0.0952. The minimum atomic E-state index is -0.414. The van der Waals surface area contributed by atoms with Crippen molar-refractivity contribution in [3.8, 4) is 0 Å². The van der Waals surface area contributed by atoms with E-state index in [2.05, 4.69) is 20.9 Å². The van der Waals surface area contributed by atoms with Crippen molar-refractivity contribution in [1.82, 2.24) is 10.3 Å². The third-order valence-electron chi connectivity index (χ3n) is 4.12. The lowest BCUT2D eigenvalue weighted by atomic mass is 10.1. The number of nitrogens with two attached hydrogens (primary N) is 1. The highest BCUT2D eigenvalue weighted by atomic mass is 35.5. The molecule has 0 aliphatic rings. The van der Waals surface area contributed by atoms with Crippen molar-refractivity contribution in [2.45, 2.75) is 6.04 Å². The zero-order valence-corrected chi connectivity index (χ0v) is 16.2. The normalized spacial score (nSPS) is 11.4. The van der Waals surface area contributed by atoms with Crippen molar-refractivity contribution < 1.29 is 9.59 Å². The molecule has 3 rings (SSSR count). The monoisotopic (exact) mass is 409 g/mol. The molecule has 0 bridgehead atoms.